The van der Waals surface area contributed by atoms with Crippen molar-refractivity contribution >= 4 is 27.6 Å². The van der Waals surface area contributed by atoms with Crippen LogP contribution in [0.25, 0.3) is 0 Å². The molecule has 2 rings (SSSR count). The number of pyridine rings is 1. The number of nitrogens with one attached hydrogen (secondary N) is 3. The van der Waals surface area contributed by atoms with Crippen LogP contribution in [0.1, 0.15) is 42.1 Å². The quantitative estimate of drug-likeness (QED) is 0.269. The Morgan fingerprint density at radius 2 is 1.81 bits per heavy atom. The highest BCUT2D eigenvalue weighted by Crippen LogP contribution is 2.04. The van der Waals surface area contributed by atoms with Crippen molar-refractivity contribution in [2.24, 2.45) is 0 Å². The van der Waals surface area contributed by atoms with E-state index < -0.39 is 39.6 Å². The number of aliphatic hydroxyl groups excluding tert-OH is 1. The normalized spacial score (nSPS) is 12.8. The van der Waals surface area contributed by atoms with Crippen LogP contribution in [0.4, 0.5) is 0 Å². The topological polar surface area (TPSA) is 155 Å². The summed E-state index contributed by atoms with van der Waals surface area (Å²) >= 11 is 0. The molecule has 4 N–H and O–H groups in total. The van der Waals surface area contributed by atoms with Crippen molar-refractivity contribution in [3.8, 4) is 0 Å². The van der Waals surface area contributed by atoms with Crippen LogP contribution in [0.2, 0.25) is 0 Å². The van der Waals surface area contributed by atoms with Crippen molar-refractivity contribution in [2.45, 2.75) is 44.8 Å². The Morgan fingerprint density at radius 3 is 2.47 bits per heavy atom. The third-order valence-electron chi connectivity index (χ3n) is 5.29. The van der Waals surface area contributed by atoms with Crippen LogP contribution in [-0.4, -0.2) is 73.0 Å². The fraction of sp³-hybridized carbons (Fsp3) is 0.440. The van der Waals surface area contributed by atoms with E-state index in [-0.39, 0.29) is 30.2 Å². The highest BCUT2D eigenvalue weighted by molar-refractivity contribution is 7.91. The standard InChI is InChI=1S/C25H34N4O6S/c1-2-3-14-36(34,35)18-22(29-24(32)20-10-7-12-26-16-20)25(33)28-17-21(30)15-23(31)27-13-11-19-8-5-4-6-9-19/h4-10,12,16,21-22,30H,2-3,11,13-15,17-18H2,1H3,(H,27,31)(H,28,33)(H,29,32). The second-order valence-electron chi connectivity index (χ2n) is 8.42. The molecule has 1 heterocycles. The zero-order valence-corrected chi connectivity index (χ0v) is 21.2. The number of nitrogens with zero attached hydrogens (tertiary/aromatic N) is 1. The Bertz CT molecular complexity index is 1080. The van der Waals surface area contributed by atoms with Gasteiger partial charge in [-0.2, -0.15) is 0 Å². The van der Waals surface area contributed by atoms with Crippen molar-refractivity contribution < 1.29 is 27.9 Å². The number of rotatable bonds is 15. The van der Waals surface area contributed by atoms with Crippen molar-refractivity contribution in [3.05, 3.63) is 66.0 Å². The van der Waals surface area contributed by atoms with Gasteiger partial charge in [0, 0.05) is 25.5 Å². The highest BCUT2D eigenvalue weighted by Gasteiger charge is 2.28. The van der Waals surface area contributed by atoms with E-state index in [0.717, 1.165) is 5.56 Å². The molecule has 0 aliphatic heterocycles. The summed E-state index contributed by atoms with van der Waals surface area (Å²) in [5, 5.41) is 17.8. The molecule has 2 atom stereocenters. The Morgan fingerprint density at radius 1 is 1.06 bits per heavy atom. The van der Waals surface area contributed by atoms with Crippen LogP contribution in [0.15, 0.2) is 54.9 Å². The van der Waals surface area contributed by atoms with E-state index in [0.29, 0.717) is 25.8 Å². The number of hydrogen-bond acceptors (Lipinski definition) is 7. The molecule has 196 valence electrons. The van der Waals surface area contributed by atoms with Gasteiger partial charge in [-0.25, -0.2) is 8.42 Å². The van der Waals surface area contributed by atoms with Gasteiger partial charge in [-0.05, 0) is 30.5 Å². The van der Waals surface area contributed by atoms with E-state index in [4.69, 9.17) is 0 Å². The minimum absolute atomic E-state index is 0.109. The van der Waals surface area contributed by atoms with Gasteiger partial charge in [0.2, 0.25) is 11.8 Å². The van der Waals surface area contributed by atoms with Crippen LogP contribution < -0.4 is 16.0 Å². The minimum atomic E-state index is -3.62. The highest BCUT2D eigenvalue weighted by atomic mass is 32.2. The Hall–Kier alpha value is -3.31. The number of aromatic nitrogens is 1. The molecule has 2 aromatic rings. The van der Waals surface area contributed by atoms with Crippen molar-refractivity contribution in [1.29, 1.82) is 0 Å². The summed E-state index contributed by atoms with van der Waals surface area (Å²) in [5.41, 5.74) is 1.24. The van der Waals surface area contributed by atoms with Gasteiger partial charge >= 0.3 is 0 Å². The molecular formula is C25H34N4O6S. The monoisotopic (exact) mass is 518 g/mol. The fourth-order valence-electron chi connectivity index (χ4n) is 3.31. The fourth-order valence-corrected chi connectivity index (χ4v) is 4.95. The number of unbranched alkanes of at least 4 members (excludes halogenated alkanes) is 1. The molecule has 0 saturated heterocycles. The van der Waals surface area contributed by atoms with Crippen LogP contribution in [0.3, 0.4) is 0 Å². The lowest BCUT2D eigenvalue weighted by Gasteiger charge is -2.20. The number of carbonyl (C=O) groups is 3. The van der Waals surface area contributed by atoms with Gasteiger partial charge in [-0.1, -0.05) is 43.7 Å². The van der Waals surface area contributed by atoms with E-state index in [2.05, 4.69) is 20.9 Å². The number of benzene rings is 1. The molecule has 36 heavy (non-hydrogen) atoms. The molecule has 0 aliphatic carbocycles. The summed E-state index contributed by atoms with van der Waals surface area (Å²) in [5.74, 6) is -2.48. The molecule has 0 fully saturated rings. The first-order chi connectivity index (χ1) is 17.2. The molecule has 2 unspecified atom stereocenters. The zero-order valence-electron chi connectivity index (χ0n) is 20.4. The van der Waals surface area contributed by atoms with E-state index in [1.165, 1.54) is 18.5 Å². The Balaban J connectivity index is 1.89. The zero-order chi connectivity index (χ0) is 26.4. The van der Waals surface area contributed by atoms with Gasteiger partial charge in [0.25, 0.3) is 5.91 Å². The number of sulfone groups is 1. The van der Waals surface area contributed by atoms with Crippen molar-refractivity contribution in [1.82, 2.24) is 20.9 Å². The SMILES string of the molecule is CCCCS(=O)(=O)CC(NC(=O)c1cccnc1)C(=O)NCC(O)CC(=O)NCCc1ccccc1. The summed E-state index contributed by atoms with van der Waals surface area (Å²) in [6.07, 6.45) is 3.10. The smallest absolute Gasteiger partial charge is 0.253 e. The molecule has 3 amide bonds. The molecule has 0 bridgehead atoms. The minimum Gasteiger partial charge on any atom is -0.391 e. The third kappa shape index (κ3) is 11.0. The first-order valence-corrected chi connectivity index (χ1v) is 13.7. The van der Waals surface area contributed by atoms with Crippen LogP contribution in [0, 0.1) is 0 Å². The average Bonchev–Trinajstić information content (AvgIpc) is 2.86. The summed E-state index contributed by atoms with van der Waals surface area (Å²) < 4.78 is 24.9. The van der Waals surface area contributed by atoms with Gasteiger partial charge in [0.05, 0.1) is 29.6 Å². The van der Waals surface area contributed by atoms with Crippen LogP contribution in [0.5, 0.6) is 0 Å². The molecule has 10 nitrogen and oxygen atoms in total. The van der Waals surface area contributed by atoms with Gasteiger partial charge in [0.15, 0.2) is 9.84 Å². The maximum Gasteiger partial charge on any atom is 0.253 e. The lowest BCUT2D eigenvalue weighted by Crippen LogP contribution is -2.52. The Labute approximate surface area is 211 Å². The van der Waals surface area contributed by atoms with Crippen molar-refractivity contribution in [3.63, 3.8) is 0 Å². The number of carbonyl (C=O) groups excluding carboxylic acids is 3. The predicted octanol–water partition coefficient (Wildman–Crippen LogP) is 0.621. The second-order valence-corrected chi connectivity index (χ2v) is 10.7. The lowest BCUT2D eigenvalue weighted by molar-refractivity contribution is -0.125. The maximum absolute atomic E-state index is 12.8. The van der Waals surface area contributed by atoms with Gasteiger partial charge < -0.3 is 21.1 Å². The molecule has 11 heteroatoms. The summed E-state index contributed by atoms with van der Waals surface area (Å²) in [6, 6.07) is 11.3. The maximum atomic E-state index is 12.8. The number of aliphatic hydroxyl groups is 1. The van der Waals surface area contributed by atoms with E-state index in [9.17, 15) is 27.9 Å². The molecule has 0 saturated carbocycles. The number of amides is 3. The Kier molecular flexibility index (Phi) is 12.0. The molecular weight excluding hydrogens is 484 g/mol. The summed E-state index contributed by atoms with van der Waals surface area (Å²) in [6.45, 7) is 1.97. The molecule has 0 radical (unpaired) electrons. The van der Waals surface area contributed by atoms with Gasteiger partial charge in [0.1, 0.15) is 6.04 Å². The first kappa shape index (κ1) is 28.9. The summed E-state index contributed by atoms with van der Waals surface area (Å²) in [7, 11) is -3.62. The first-order valence-electron chi connectivity index (χ1n) is 11.9. The molecule has 1 aromatic heterocycles. The second kappa shape index (κ2) is 14.9. The van der Waals surface area contributed by atoms with E-state index in [1.807, 2.05) is 37.3 Å². The number of hydrogen-bond donors (Lipinski definition) is 4. The molecule has 0 aliphatic rings. The molecule has 1 aromatic carbocycles. The van der Waals surface area contributed by atoms with Crippen molar-refractivity contribution in [2.75, 3.05) is 24.6 Å². The predicted molar refractivity (Wildman–Crippen MR) is 136 cm³/mol. The van der Waals surface area contributed by atoms with Gasteiger partial charge in [-0.15, -0.1) is 0 Å². The average molecular weight is 519 g/mol. The van der Waals surface area contributed by atoms with E-state index in [1.54, 1.807) is 6.07 Å². The lowest BCUT2D eigenvalue weighted by atomic mass is 10.1. The van der Waals surface area contributed by atoms with Crippen LogP contribution >= 0.6 is 0 Å². The largest absolute Gasteiger partial charge is 0.391 e. The molecule has 0 spiro atoms. The van der Waals surface area contributed by atoms with Gasteiger partial charge in [-0.3, -0.25) is 19.4 Å². The van der Waals surface area contributed by atoms with E-state index >= 15 is 0 Å². The van der Waals surface area contributed by atoms with Crippen LogP contribution in [-0.2, 0) is 25.8 Å². The summed E-state index contributed by atoms with van der Waals surface area (Å²) in [4.78, 5) is 41.2. The third-order valence-corrected chi connectivity index (χ3v) is 7.04.